The number of carboxylic acids is 1. The van der Waals surface area contributed by atoms with Crippen LogP contribution in [0.15, 0.2) is 29.4 Å². The number of aromatic nitrogens is 1. The smallest absolute Gasteiger partial charge is 0.320 e. The summed E-state index contributed by atoms with van der Waals surface area (Å²) in [6.45, 7) is 0. The predicted molar refractivity (Wildman–Crippen MR) is 52.9 cm³/mol. The van der Waals surface area contributed by atoms with E-state index in [9.17, 15) is 10.0 Å². The highest BCUT2D eigenvalue weighted by atomic mass is 32.2. The second-order valence-electron chi connectivity index (χ2n) is 2.49. The summed E-state index contributed by atoms with van der Waals surface area (Å²) in [5.41, 5.74) is 1.47. The van der Waals surface area contributed by atoms with Gasteiger partial charge in [-0.2, -0.15) is 0 Å². The van der Waals surface area contributed by atoms with Crippen LogP contribution in [0.25, 0.3) is 0 Å². The van der Waals surface area contributed by atoms with Crippen molar-refractivity contribution in [2.45, 2.75) is 11.1 Å². The first kappa shape index (κ1) is 11.0. The van der Waals surface area contributed by atoms with Crippen molar-refractivity contribution in [3.63, 3.8) is 0 Å². The Morgan fingerprint density at radius 1 is 1.71 bits per heavy atom. The summed E-state index contributed by atoms with van der Waals surface area (Å²) in [6.07, 6.45) is 1.61. The number of pyridine rings is 1. The van der Waals surface area contributed by atoms with E-state index in [1.54, 1.807) is 24.4 Å². The number of carboxylic acid groups (broad SMARTS) is 1. The third kappa shape index (κ3) is 3.33. The quantitative estimate of drug-likeness (QED) is 0.553. The lowest BCUT2D eigenvalue weighted by Crippen LogP contribution is -2.34. The van der Waals surface area contributed by atoms with Gasteiger partial charge in [-0.05, 0) is 12.1 Å². The molecular weight excluding hydrogens is 204 g/mol. The van der Waals surface area contributed by atoms with Crippen molar-refractivity contribution in [2.75, 3.05) is 5.75 Å². The van der Waals surface area contributed by atoms with Crippen molar-refractivity contribution >= 4 is 17.7 Å². The maximum Gasteiger partial charge on any atom is 0.320 e. The standard InChI is InChI=1S/C8H9N2O3S/c11-8(12)6(10-13)5-14-7-3-1-2-4-9-7/h1-4,6,10H,5H2,(H,11,12)/q-1/t6-/m0/s1. The van der Waals surface area contributed by atoms with Crippen molar-refractivity contribution < 1.29 is 9.90 Å². The van der Waals surface area contributed by atoms with Gasteiger partial charge >= 0.3 is 5.97 Å². The molecule has 6 heteroatoms. The molecule has 1 atom stereocenters. The van der Waals surface area contributed by atoms with Gasteiger partial charge < -0.3 is 15.8 Å². The number of hydroxylamine groups is 1. The van der Waals surface area contributed by atoms with Crippen molar-refractivity contribution in [3.05, 3.63) is 29.6 Å². The number of aliphatic carboxylic acids is 1. The van der Waals surface area contributed by atoms with Crippen LogP contribution in [0.4, 0.5) is 0 Å². The summed E-state index contributed by atoms with van der Waals surface area (Å²) in [5, 5.41) is 19.5. The molecule has 0 amide bonds. The average molecular weight is 213 g/mol. The van der Waals surface area contributed by atoms with Crippen LogP contribution in [-0.2, 0) is 4.79 Å². The van der Waals surface area contributed by atoms with Gasteiger partial charge in [-0.25, -0.2) is 4.98 Å². The Kier molecular flexibility index (Phi) is 4.37. The first-order chi connectivity index (χ1) is 6.74. The maximum atomic E-state index is 10.5. The van der Waals surface area contributed by atoms with Gasteiger partial charge in [0.1, 0.15) is 6.04 Å². The van der Waals surface area contributed by atoms with E-state index >= 15 is 0 Å². The Morgan fingerprint density at radius 3 is 3.00 bits per heavy atom. The maximum absolute atomic E-state index is 10.5. The number of rotatable bonds is 5. The van der Waals surface area contributed by atoms with Crippen LogP contribution in [0.1, 0.15) is 0 Å². The van der Waals surface area contributed by atoms with Crippen LogP contribution in [0.5, 0.6) is 0 Å². The van der Waals surface area contributed by atoms with Crippen LogP contribution < -0.4 is 5.48 Å². The number of nitrogens with one attached hydrogen (secondary N) is 1. The van der Waals surface area contributed by atoms with Crippen molar-refractivity contribution in [1.29, 1.82) is 0 Å². The normalized spacial score (nSPS) is 12.4. The Labute approximate surface area is 85.1 Å². The summed E-state index contributed by atoms with van der Waals surface area (Å²) in [7, 11) is 0. The summed E-state index contributed by atoms with van der Waals surface area (Å²) in [6, 6.07) is 4.25. The molecule has 0 fully saturated rings. The Bertz CT molecular complexity index is 294. The topological polar surface area (TPSA) is 85.3 Å². The Balaban J connectivity index is 2.44. The Hall–Kier alpha value is -1.11. The summed E-state index contributed by atoms with van der Waals surface area (Å²) in [4.78, 5) is 14.4. The van der Waals surface area contributed by atoms with Gasteiger partial charge in [-0.3, -0.25) is 4.79 Å². The fraction of sp³-hybridized carbons (Fsp3) is 0.250. The highest BCUT2D eigenvalue weighted by Crippen LogP contribution is 2.14. The molecule has 0 bridgehead atoms. The molecule has 14 heavy (non-hydrogen) atoms. The van der Waals surface area contributed by atoms with Crippen molar-refractivity contribution in [2.24, 2.45) is 0 Å². The van der Waals surface area contributed by atoms with Gasteiger partial charge in [0.15, 0.2) is 0 Å². The summed E-state index contributed by atoms with van der Waals surface area (Å²) in [5.74, 6) is -0.987. The van der Waals surface area contributed by atoms with E-state index in [1.165, 1.54) is 17.2 Å². The van der Waals surface area contributed by atoms with Crippen LogP contribution in [-0.4, -0.2) is 27.9 Å². The molecule has 76 valence electrons. The summed E-state index contributed by atoms with van der Waals surface area (Å²) >= 11 is 1.23. The van der Waals surface area contributed by atoms with E-state index in [1.807, 2.05) is 0 Å². The molecule has 1 rings (SSSR count). The molecule has 0 radical (unpaired) electrons. The zero-order chi connectivity index (χ0) is 10.4. The monoisotopic (exact) mass is 213 g/mol. The predicted octanol–water partition coefficient (Wildman–Crippen LogP) is 0.714. The molecule has 0 aromatic carbocycles. The highest BCUT2D eigenvalue weighted by Gasteiger charge is 2.12. The van der Waals surface area contributed by atoms with Crippen LogP contribution >= 0.6 is 11.8 Å². The van der Waals surface area contributed by atoms with Crippen LogP contribution in [0.3, 0.4) is 0 Å². The fourth-order valence-electron chi connectivity index (χ4n) is 0.757. The largest absolute Gasteiger partial charge is 0.787 e. The van der Waals surface area contributed by atoms with Crippen molar-refractivity contribution in [1.82, 2.24) is 10.5 Å². The first-order valence-electron chi connectivity index (χ1n) is 3.88. The molecule has 0 saturated heterocycles. The molecule has 0 spiro atoms. The molecule has 1 aromatic heterocycles. The second-order valence-corrected chi connectivity index (χ2v) is 3.53. The first-order valence-corrected chi connectivity index (χ1v) is 4.87. The van der Waals surface area contributed by atoms with Crippen molar-refractivity contribution in [3.8, 4) is 0 Å². The minimum atomic E-state index is -1.15. The highest BCUT2D eigenvalue weighted by molar-refractivity contribution is 7.99. The third-order valence-electron chi connectivity index (χ3n) is 1.48. The molecule has 0 aliphatic rings. The Morgan fingerprint density at radius 2 is 2.50 bits per heavy atom. The number of hydrogen-bond donors (Lipinski definition) is 2. The SMILES string of the molecule is O=C(O)[C@H](CSc1ccccn1)N[O-]. The summed E-state index contributed by atoms with van der Waals surface area (Å²) < 4.78 is 0. The molecule has 2 N–H and O–H groups in total. The van der Waals surface area contributed by atoms with E-state index in [-0.39, 0.29) is 5.75 Å². The van der Waals surface area contributed by atoms with Gasteiger partial charge in [0.2, 0.25) is 0 Å². The van der Waals surface area contributed by atoms with Gasteiger partial charge in [0.05, 0.1) is 5.03 Å². The van der Waals surface area contributed by atoms with E-state index < -0.39 is 12.0 Å². The third-order valence-corrected chi connectivity index (χ3v) is 2.51. The molecule has 0 aliphatic heterocycles. The minimum Gasteiger partial charge on any atom is -0.787 e. The fourth-order valence-corrected chi connectivity index (χ4v) is 1.62. The molecule has 1 aromatic rings. The van der Waals surface area contributed by atoms with E-state index in [0.29, 0.717) is 5.03 Å². The van der Waals surface area contributed by atoms with Gasteiger partial charge in [0, 0.05) is 11.9 Å². The lowest BCUT2D eigenvalue weighted by atomic mass is 10.4. The van der Waals surface area contributed by atoms with Crippen LogP contribution in [0.2, 0.25) is 0 Å². The van der Waals surface area contributed by atoms with E-state index in [0.717, 1.165) is 0 Å². The van der Waals surface area contributed by atoms with E-state index in [4.69, 9.17) is 5.11 Å². The molecule has 0 saturated carbocycles. The molecular formula is C8H9N2O3S-. The van der Waals surface area contributed by atoms with Gasteiger partial charge in [0.25, 0.3) is 0 Å². The van der Waals surface area contributed by atoms with E-state index in [2.05, 4.69) is 4.98 Å². The number of thioether (sulfide) groups is 1. The number of nitrogens with zero attached hydrogens (tertiary/aromatic N) is 1. The minimum absolute atomic E-state index is 0.163. The average Bonchev–Trinajstić information content (AvgIpc) is 2.20. The number of carbonyl (C=O) groups is 1. The zero-order valence-corrected chi connectivity index (χ0v) is 8.03. The molecule has 0 unspecified atom stereocenters. The molecule has 0 aliphatic carbocycles. The molecule has 5 nitrogen and oxygen atoms in total. The van der Waals surface area contributed by atoms with Gasteiger partial charge in [-0.1, -0.05) is 6.07 Å². The number of hydrogen-bond acceptors (Lipinski definition) is 5. The van der Waals surface area contributed by atoms with Crippen LogP contribution in [0, 0.1) is 5.21 Å². The lowest BCUT2D eigenvalue weighted by molar-refractivity contribution is -0.138. The second kappa shape index (κ2) is 5.58. The van der Waals surface area contributed by atoms with Gasteiger partial charge in [-0.15, -0.1) is 11.8 Å². The zero-order valence-electron chi connectivity index (χ0n) is 7.21. The lowest BCUT2D eigenvalue weighted by Gasteiger charge is -2.16. The molecule has 1 heterocycles.